The molecule has 1 aromatic heterocycles. The third kappa shape index (κ3) is 3.36. The summed E-state index contributed by atoms with van der Waals surface area (Å²) < 4.78 is 12.9. The van der Waals surface area contributed by atoms with E-state index in [0.717, 1.165) is 0 Å². The zero-order valence-electron chi connectivity index (χ0n) is 12.1. The molecule has 7 nitrogen and oxygen atoms in total. The maximum absolute atomic E-state index is 12.9. The summed E-state index contributed by atoms with van der Waals surface area (Å²) in [6, 6.07) is 5.41. The van der Waals surface area contributed by atoms with Gasteiger partial charge in [-0.05, 0) is 43.5 Å². The first-order valence-corrected chi connectivity index (χ1v) is 7.25. The van der Waals surface area contributed by atoms with E-state index in [1.54, 1.807) is 0 Å². The van der Waals surface area contributed by atoms with Crippen LogP contribution >= 0.6 is 0 Å². The fourth-order valence-electron chi connectivity index (χ4n) is 2.66. The molecule has 3 rings (SSSR count). The van der Waals surface area contributed by atoms with Crippen molar-refractivity contribution < 1.29 is 19.1 Å². The number of nitrogens with zero attached hydrogens (tertiary/aromatic N) is 3. The third-order valence-corrected chi connectivity index (χ3v) is 3.90. The minimum Gasteiger partial charge on any atom is -0.481 e. The average molecular weight is 318 g/mol. The zero-order chi connectivity index (χ0) is 16.4. The molecule has 0 bridgehead atoms. The largest absolute Gasteiger partial charge is 0.481 e. The summed E-state index contributed by atoms with van der Waals surface area (Å²) in [6.45, 7) is 0. The minimum absolute atomic E-state index is 0.133. The molecule has 120 valence electrons. The predicted molar refractivity (Wildman–Crippen MR) is 77.5 cm³/mol. The van der Waals surface area contributed by atoms with Crippen molar-refractivity contribution in [2.24, 2.45) is 5.92 Å². The Kier molecular flexibility index (Phi) is 4.05. The molecule has 2 atom stereocenters. The number of aromatic nitrogens is 3. The van der Waals surface area contributed by atoms with Crippen LogP contribution < -0.4 is 5.32 Å². The lowest BCUT2D eigenvalue weighted by atomic mass is 10.1. The highest BCUT2D eigenvalue weighted by molar-refractivity contribution is 5.92. The number of carbonyl (C=O) groups is 2. The van der Waals surface area contributed by atoms with Crippen LogP contribution in [-0.2, 0) is 4.79 Å². The second-order valence-corrected chi connectivity index (χ2v) is 5.51. The van der Waals surface area contributed by atoms with E-state index in [0.29, 0.717) is 24.9 Å². The second-order valence-electron chi connectivity index (χ2n) is 5.51. The predicted octanol–water partition coefficient (Wildman–Crippen LogP) is 1.39. The van der Waals surface area contributed by atoms with E-state index in [4.69, 9.17) is 5.11 Å². The molecule has 1 fully saturated rings. The maximum atomic E-state index is 12.9. The van der Waals surface area contributed by atoms with Crippen molar-refractivity contribution >= 4 is 11.9 Å². The van der Waals surface area contributed by atoms with Gasteiger partial charge in [0.2, 0.25) is 0 Å². The van der Waals surface area contributed by atoms with Crippen molar-refractivity contribution in [3.05, 3.63) is 42.0 Å². The molecule has 0 saturated heterocycles. The number of benzene rings is 1. The van der Waals surface area contributed by atoms with Crippen LogP contribution in [0.1, 0.15) is 29.8 Å². The van der Waals surface area contributed by atoms with Crippen LogP contribution in [0, 0.1) is 11.7 Å². The number of aliphatic carboxylic acids is 1. The van der Waals surface area contributed by atoms with E-state index < -0.39 is 17.8 Å². The van der Waals surface area contributed by atoms with E-state index in [9.17, 15) is 14.0 Å². The van der Waals surface area contributed by atoms with Crippen molar-refractivity contribution in [3.8, 4) is 5.69 Å². The Morgan fingerprint density at radius 1 is 1.26 bits per heavy atom. The zero-order valence-corrected chi connectivity index (χ0v) is 12.1. The van der Waals surface area contributed by atoms with Gasteiger partial charge in [0.15, 0.2) is 5.69 Å². The molecule has 0 radical (unpaired) electrons. The van der Waals surface area contributed by atoms with E-state index in [1.807, 2.05) is 0 Å². The molecule has 1 amide bonds. The Balaban J connectivity index is 1.65. The lowest BCUT2D eigenvalue weighted by Gasteiger charge is -2.10. The van der Waals surface area contributed by atoms with Crippen molar-refractivity contribution in [1.82, 2.24) is 20.3 Å². The van der Waals surface area contributed by atoms with E-state index in [-0.39, 0.29) is 17.6 Å². The van der Waals surface area contributed by atoms with Crippen molar-refractivity contribution in [3.63, 3.8) is 0 Å². The summed E-state index contributed by atoms with van der Waals surface area (Å²) in [4.78, 5) is 24.3. The Bertz CT molecular complexity index is 729. The highest BCUT2D eigenvalue weighted by Gasteiger charge is 2.31. The van der Waals surface area contributed by atoms with Gasteiger partial charge < -0.3 is 10.4 Å². The molecule has 1 saturated carbocycles. The van der Waals surface area contributed by atoms with Crippen LogP contribution in [0.4, 0.5) is 4.39 Å². The molecule has 0 spiro atoms. The van der Waals surface area contributed by atoms with Crippen LogP contribution in [0.3, 0.4) is 0 Å². The molecule has 0 aliphatic heterocycles. The molecule has 0 unspecified atom stereocenters. The molecular weight excluding hydrogens is 303 g/mol. The quantitative estimate of drug-likeness (QED) is 0.888. The van der Waals surface area contributed by atoms with Crippen LogP contribution in [0.2, 0.25) is 0 Å². The van der Waals surface area contributed by atoms with Crippen LogP contribution in [-0.4, -0.2) is 38.0 Å². The van der Waals surface area contributed by atoms with Crippen LogP contribution in [0.15, 0.2) is 30.5 Å². The molecule has 1 aliphatic rings. The number of amides is 1. The Morgan fingerprint density at radius 2 is 2.00 bits per heavy atom. The fraction of sp³-hybridized carbons (Fsp3) is 0.333. The molecule has 2 aromatic rings. The van der Waals surface area contributed by atoms with E-state index >= 15 is 0 Å². The number of hydrogen-bond donors (Lipinski definition) is 2. The van der Waals surface area contributed by atoms with Gasteiger partial charge in [0.1, 0.15) is 5.82 Å². The summed E-state index contributed by atoms with van der Waals surface area (Å²) in [5.74, 6) is -2.00. The number of nitrogens with one attached hydrogen (secondary N) is 1. The molecular formula is C15H15FN4O3. The second kappa shape index (κ2) is 6.15. The molecule has 2 N–H and O–H groups in total. The molecule has 1 aliphatic carbocycles. The summed E-state index contributed by atoms with van der Waals surface area (Å²) in [6.07, 6.45) is 2.94. The summed E-state index contributed by atoms with van der Waals surface area (Å²) in [5.41, 5.74) is 0.672. The first-order valence-electron chi connectivity index (χ1n) is 7.25. The maximum Gasteiger partial charge on any atom is 0.306 e. The highest BCUT2D eigenvalue weighted by Crippen LogP contribution is 2.25. The van der Waals surface area contributed by atoms with Gasteiger partial charge >= 0.3 is 5.97 Å². The number of hydrogen-bond acceptors (Lipinski definition) is 4. The average Bonchev–Trinajstić information content (AvgIpc) is 3.17. The lowest BCUT2D eigenvalue weighted by Crippen LogP contribution is -2.33. The summed E-state index contributed by atoms with van der Waals surface area (Å²) >= 11 is 0. The van der Waals surface area contributed by atoms with E-state index in [2.05, 4.69) is 15.5 Å². The van der Waals surface area contributed by atoms with Crippen molar-refractivity contribution in [1.29, 1.82) is 0 Å². The van der Waals surface area contributed by atoms with Crippen molar-refractivity contribution in [2.75, 3.05) is 0 Å². The summed E-state index contributed by atoms with van der Waals surface area (Å²) in [5, 5.41) is 19.8. The lowest BCUT2D eigenvalue weighted by molar-refractivity contribution is -0.141. The molecule has 23 heavy (non-hydrogen) atoms. The normalized spacial score (nSPS) is 20.4. The van der Waals surface area contributed by atoms with Gasteiger partial charge in [-0.3, -0.25) is 9.59 Å². The van der Waals surface area contributed by atoms with Gasteiger partial charge in [0, 0.05) is 6.04 Å². The number of carboxylic acid groups (broad SMARTS) is 1. The summed E-state index contributed by atoms with van der Waals surface area (Å²) in [7, 11) is 0. The standard InChI is InChI=1S/C15H15FN4O3/c16-10-2-5-12(6-3-10)20-17-8-13(19-20)14(21)18-11-4-1-9(7-11)15(22)23/h2-3,5-6,8-9,11H,1,4,7H2,(H,18,21)(H,22,23)/t9-,11-/m1/s1. The van der Waals surface area contributed by atoms with Crippen LogP contribution in [0.25, 0.3) is 5.69 Å². The van der Waals surface area contributed by atoms with Gasteiger partial charge in [-0.1, -0.05) is 0 Å². The van der Waals surface area contributed by atoms with Gasteiger partial charge in [-0.25, -0.2) is 4.39 Å². The number of rotatable bonds is 4. The van der Waals surface area contributed by atoms with Gasteiger partial charge in [0.05, 0.1) is 17.8 Å². The van der Waals surface area contributed by atoms with Gasteiger partial charge in [-0.15, -0.1) is 5.10 Å². The third-order valence-electron chi connectivity index (χ3n) is 3.90. The SMILES string of the molecule is O=C(N[C@@H]1CC[C@@H](C(=O)O)C1)c1cnn(-c2ccc(F)cc2)n1. The van der Waals surface area contributed by atoms with Gasteiger partial charge in [-0.2, -0.15) is 9.90 Å². The fourth-order valence-corrected chi connectivity index (χ4v) is 2.66. The van der Waals surface area contributed by atoms with E-state index in [1.165, 1.54) is 35.3 Å². The first-order chi connectivity index (χ1) is 11.0. The Hall–Kier alpha value is -2.77. The Morgan fingerprint density at radius 3 is 2.65 bits per heavy atom. The van der Waals surface area contributed by atoms with Gasteiger partial charge in [0.25, 0.3) is 5.91 Å². The molecule has 1 aromatic carbocycles. The topological polar surface area (TPSA) is 97.1 Å². The van der Waals surface area contributed by atoms with Crippen LogP contribution in [0.5, 0.6) is 0 Å². The monoisotopic (exact) mass is 318 g/mol. The minimum atomic E-state index is -0.830. The Labute approximate surface area is 131 Å². The highest BCUT2D eigenvalue weighted by atomic mass is 19.1. The molecule has 8 heteroatoms. The number of halogens is 1. The number of carbonyl (C=O) groups excluding carboxylic acids is 1. The smallest absolute Gasteiger partial charge is 0.306 e. The first kappa shape index (κ1) is 15.1. The number of carboxylic acids is 1. The molecule has 1 heterocycles. The van der Waals surface area contributed by atoms with Crippen molar-refractivity contribution in [2.45, 2.75) is 25.3 Å².